The maximum absolute atomic E-state index is 12.1. The van der Waals surface area contributed by atoms with Crippen molar-refractivity contribution < 1.29 is 19.8 Å². The second kappa shape index (κ2) is 7.11. The molecule has 2 unspecified atom stereocenters. The van der Waals surface area contributed by atoms with Crippen LogP contribution in [0.4, 0.5) is 0 Å². The maximum Gasteiger partial charge on any atom is 0.307 e. The van der Waals surface area contributed by atoms with Gasteiger partial charge in [-0.15, -0.1) is 0 Å². The van der Waals surface area contributed by atoms with E-state index in [0.29, 0.717) is 25.8 Å². The molecule has 2 rings (SSSR count). The lowest BCUT2D eigenvalue weighted by molar-refractivity contribution is -0.148. The molecule has 1 fully saturated rings. The van der Waals surface area contributed by atoms with Gasteiger partial charge in [0.1, 0.15) is 5.75 Å². The normalized spacial score (nSPS) is 21.7. The summed E-state index contributed by atoms with van der Waals surface area (Å²) in [5, 5.41) is 21.2. The first-order chi connectivity index (χ1) is 10.1. The molecular weight excluding hydrogens is 270 g/mol. The van der Waals surface area contributed by atoms with Crippen LogP contribution in [0.3, 0.4) is 0 Å². The number of benzene rings is 1. The number of phenols is 1. The lowest BCUT2D eigenvalue weighted by Crippen LogP contribution is -2.40. The van der Waals surface area contributed by atoms with Gasteiger partial charge in [0.2, 0.25) is 5.91 Å². The first-order valence-corrected chi connectivity index (χ1v) is 7.36. The molecular formula is C16H21NO4. The number of rotatable bonds is 5. The molecule has 0 saturated heterocycles. The molecule has 0 bridgehead atoms. The Kier molecular flexibility index (Phi) is 5.20. The number of aromatic hydroxyl groups is 1. The predicted molar refractivity (Wildman–Crippen MR) is 77.9 cm³/mol. The molecule has 0 radical (unpaired) electrons. The monoisotopic (exact) mass is 291 g/mol. The van der Waals surface area contributed by atoms with Crippen LogP contribution in [0.25, 0.3) is 0 Å². The number of aliphatic carboxylic acids is 1. The topological polar surface area (TPSA) is 86.6 Å². The molecule has 1 aliphatic rings. The molecule has 5 nitrogen and oxygen atoms in total. The van der Waals surface area contributed by atoms with Gasteiger partial charge < -0.3 is 15.5 Å². The van der Waals surface area contributed by atoms with Crippen molar-refractivity contribution in [2.45, 2.75) is 32.1 Å². The van der Waals surface area contributed by atoms with Crippen molar-refractivity contribution in [1.29, 1.82) is 0 Å². The molecule has 0 aromatic heterocycles. The smallest absolute Gasteiger partial charge is 0.307 e. The van der Waals surface area contributed by atoms with Crippen LogP contribution in [0.5, 0.6) is 5.75 Å². The Bertz CT molecular complexity index is 498. The van der Waals surface area contributed by atoms with E-state index in [1.165, 1.54) is 0 Å². The number of nitrogens with one attached hydrogen (secondary N) is 1. The van der Waals surface area contributed by atoms with E-state index in [1.807, 2.05) is 12.1 Å². The molecule has 2 atom stereocenters. The van der Waals surface area contributed by atoms with Gasteiger partial charge in [-0.25, -0.2) is 0 Å². The highest BCUT2D eigenvalue weighted by Gasteiger charge is 2.35. The van der Waals surface area contributed by atoms with E-state index in [1.54, 1.807) is 12.1 Å². The highest BCUT2D eigenvalue weighted by Crippen LogP contribution is 2.30. The second-order valence-corrected chi connectivity index (χ2v) is 5.54. The van der Waals surface area contributed by atoms with Gasteiger partial charge in [0.15, 0.2) is 0 Å². The van der Waals surface area contributed by atoms with Crippen LogP contribution in [-0.2, 0) is 16.0 Å². The molecule has 1 aromatic carbocycles. The SMILES string of the molecule is O=C(O)C1CCCCC1C(=O)NCCc1ccc(O)cc1. The molecule has 21 heavy (non-hydrogen) atoms. The number of carboxylic acids is 1. The van der Waals surface area contributed by atoms with Gasteiger partial charge in [-0.2, -0.15) is 0 Å². The molecule has 5 heteroatoms. The first-order valence-electron chi connectivity index (χ1n) is 7.36. The van der Waals surface area contributed by atoms with Crippen molar-refractivity contribution in [3.05, 3.63) is 29.8 Å². The Labute approximate surface area is 124 Å². The number of amides is 1. The number of carbonyl (C=O) groups excluding carboxylic acids is 1. The number of phenolic OH excluding ortho intramolecular Hbond substituents is 1. The molecule has 3 N–H and O–H groups in total. The molecule has 0 spiro atoms. The fraction of sp³-hybridized carbons (Fsp3) is 0.500. The zero-order valence-corrected chi connectivity index (χ0v) is 11.9. The fourth-order valence-electron chi connectivity index (χ4n) is 2.86. The average molecular weight is 291 g/mol. The van der Waals surface area contributed by atoms with E-state index in [0.717, 1.165) is 18.4 Å². The van der Waals surface area contributed by atoms with Gasteiger partial charge in [-0.3, -0.25) is 9.59 Å². The number of carbonyl (C=O) groups is 2. The summed E-state index contributed by atoms with van der Waals surface area (Å²) in [5.41, 5.74) is 1.02. The second-order valence-electron chi connectivity index (χ2n) is 5.54. The maximum atomic E-state index is 12.1. The average Bonchev–Trinajstić information content (AvgIpc) is 2.49. The number of carboxylic acid groups (broad SMARTS) is 1. The van der Waals surface area contributed by atoms with Gasteiger partial charge in [0.25, 0.3) is 0 Å². The largest absolute Gasteiger partial charge is 0.508 e. The molecule has 1 aromatic rings. The lowest BCUT2D eigenvalue weighted by Gasteiger charge is -2.27. The number of hydrogen-bond acceptors (Lipinski definition) is 3. The van der Waals surface area contributed by atoms with E-state index < -0.39 is 17.8 Å². The standard InChI is InChI=1S/C16H21NO4/c18-12-7-5-11(6-8-12)9-10-17-15(19)13-3-1-2-4-14(13)16(20)21/h5-8,13-14,18H,1-4,9-10H2,(H,17,19)(H,20,21). The minimum atomic E-state index is -0.867. The third kappa shape index (κ3) is 4.21. The van der Waals surface area contributed by atoms with Gasteiger partial charge >= 0.3 is 5.97 Å². The van der Waals surface area contributed by atoms with Gasteiger partial charge in [0.05, 0.1) is 11.8 Å². The summed E-state index contributed by atoms with van der Waals surface area (Å²) in [7, 11) is 0. The number of hydrogen-bond donors (Lipinski definition) is 3. The summed E-state index contributed by atoms with van der Waals surface area (Å²) in [6.07, 6.45) is 3.71. The van der Waals surface area contributed by atoms with Crippen molar-refractivity contribution in [2.75, 3.05) is 6.54 Å². The first kappa shape index (κ1) is 15.4. The summed E-state index contributed by atoms with van der Waals surface area (Å²) in [6, 6.07) is 6.84. The van der Waals surface area contributed by atoms with Crippen molar-refractivity contribution in [1.82, 2.24) is 5.32 Å². The molecule has 1 saturated carbocycles. The molecule has 0 heterocycles. The molecule has 1 aliphatic carbocycles. The summed E-state index contributed by atoms with van der Waals surface area (Å²) < 4.78 is 0. The Morgan fingerprint density at radius 3 is 2.33 bits per heavy atom. The predicted octanol–water partition coefficient (Wildman–Crippen LogP) is 1.94. The van der Waals surface area contributed by atoms with Gasteiger partial charge in [-0.05, 0) is 37.0 Å². The summed E-state index contributed by atoms with van der Waals surface area (Å²) in [5.74, 6) is -1.76. The van der Waals surface area contributed by atoms with E-state index in [2.05, 4.69) is 5.32 Å². The van der Waals surface area contributed by atoms with E-state index >= 15 is 0 Å². The van der Waals surface area contributed by atoms with Crippen LogP contribution >= 0.6 is 0 Å². The van der Waals surface area contributed by atoms with Crippen molar-refractivity contribution >= 4 is 11.9 Å². The summed E-state index contributed by atoms with van der Waals surface area (Å²) in [4.78, 5) is 23.3. The Balaban J connectivity index is 1.83. The Hall–Kier alpha value is -2.04. The van der Waals surface area contributed by atoms with Gasteiger partial charge in [0, 0.05) is 6.54 Å². The van der Waals surface area contributed by atoms with Crippen molar-refractivity contribution in [3.8, 4) is 5.75 Å². The van der Waals surface area contributed by atoms with Crippen LogP contribution in [0.15, 0.2) is 24.3 Å². The molecule has 114 valence electrons. The highest BCUT2D eigenvalue weighted by atomic mass is 16.4. The van der Waals surface area contributed by atoms with Crippen LogP contribution in [0, 0.1) is 11.8 Å². The van der Waals surface area contributed by atoms with Crippen LogP contribution in [0.1, 0.15) is 31.2 Å². The minimum absolute atomic E-state index is 0.152. The third-order valence-corrected chi connectivity index (χ3v) is 4.07. The lowest BCUT2D eigenvalue weighted by atomic mass is 9.78. The van der Waals surface area contributed by atoms with E-state index in [4.69, 9.17) is 0 Å². The third-order valence-electron chi connectivity index (χ3n) is 4.07. The van der Waals surface area contributed by atoms with E-state index in [9.17, 15) is 19.8 Å². The van der Waals surface area contributed by atoms with Crippen LogP contribution in [0.2, 0.25) is 0 Å². The molecule has 0 aliphatic heterocycles. The summed E-state index contributed by atoms with van der Waals surface area (Å²) in [6.45, 7) is 0.479. The minimum Gasteiger partial charge on any atom is -0.508 e. The van der Waals surface area contributed by atoms with Crippen molar-refractivity contribution in [2.24, 2.45) is 11.8 Å². The zero-order valence-electron chi connectivity index (χ0n) is 11.9. The van der Waals surface area contributed by atoms with Gasteiger partial charge in [-0.1, -0.05) is 25.0 Å². The highest BCUT2D eigenvalue weighted by molar-refractivity contribution is 5.84. The zero-order chi connectivity index (χ0) is 15.2. The Morgan fingerprint density at radius 1 is 1.10 bits per heavy atom. The summed E-state index contributed by atoms with van der Waals surface area (Å²) >= 11 is 0. The van der Waals surface area contributed by atoms with Crippen LogP contribution < -0.4 is 5.32 Å². The Morgan fingerprint density at radius 2 is 1.71 bits per heavy atom. The fourth-order valence-corrected chi connectivity index (χ4v) is 2.86. The molecule has 1 amide bonds. The van der Waals surface area contributed by atoms with Crippen molar-refractivity contribution in [3.63, 3.8) is 0 Å². The quantitative estimate of drug-likeness (QED) is 0.774. The van der Waals surface area contributed by atoms with Crippen LogP contribution in [-0.4, -0.2) is 28.6 Å². The van der Waals surface area contributed by atoms with E-state index in [-0.39, 0.29) is 11.7 Å².